The number of imidazole rings is 1. The SMILES string of the molecule is CC1CC(c2ncc(-c3ccc(-c4cc(Cl)c(NC(=O)c5ccc(N6CCN(C(=O)C(C)(C)C)CC6)nc5)cc4OC(F)(F)F)cc3)[nH]2)N(C)C1. The Kier molecular flexibility index (Phi) is 10.1. The number of ether oxygens (including phenoxy) is 1. The third-order valence-corrected chi connectivity index (χ3v) is 9.57. The molecule has 0 spiro atoms. The number of aromatic amines is 1. The predicted octanol–water partition coefficient (Wildman–Crippen LogP) is 7.65. The van der Waals surface area contributed by atoms with Crippen LogP contribution in [0.15, 0.2) is 60.9 Å². The van der Waals surface area contributed by atoms with Crippen molar-refractivity contribution in [2.45, 2.75) is 46.5 Å². The Morgan fingerprint density at radius 3 is 2.24 bits per heavy atom. The number of halogens is 4. The third kappa shape index (κ3) is 8.31. The maximum absolute atomic E-state index is 13.6. The van der Waals surface area contributed by atoms with Gasteiger partial charge in [-0.15, -0.1) is 13.2 Å². The summed E-state index contributed by atoms with van der Waals surface area (Å²) < 4.78 is 45.2. The van der Waals surface area contributed by atoms with E-state index in [2.05, 4.69) is 43.9 Å². The number of piperazine rings is 1. The molecule has 0 radical (unpaired) electrons. The van der Waals surface area contributed by atoms with Crippen LogP contribution in [0.2, 0.25) is 5.02 Å². The third-order valence-electron chi connectivity index (χ3n) is 9.26. The van der Waals surface area contributed by atoms with Crippen molar-refractivity contribution in [3.05, 3.63) is 77.3 Å². The average Bonchev–Trinajstić information content (AvgIpc) is 3.70. The smallest absolute Gasteiger partial charge is 0.405 e. The van der Waals surface area contributed by atoms with Crippen molar-refractivity contribution >= 4 is 34.9 Å². The van der Waals surface area contributed by atoms with E-state index >= 15 is 0 Å². The van der Waals surface area contributed by atoms with Crippen LogP contribution in [0, 0.1) is 11.3 Å². The van der Waals surface area contributed by atoms with Gasteiger partial charge in [0.15, 0.2) is 0 Å². The highest BCUT2D eigenvalue weighted by molar-refractivity contribution is 6.34. The Labute approximate surface area is 300 Å². The van der Waals surface area contributed by atoms with Gasteiger partial charge in [0.1, 0.15) is 17.4 Å². The van der Waals surface area contributed by atoms with E-state index in [0.717, 1.165) is 36.1 Å². The van der Waals surface area contributed by atoms with Crippen molar-refractivity contribution < 1.29 is 27.5 Å². The van der Waals surface area contributed by atoms with Gasteiger partial charge in [0.2, 0.25) is 5.91 Å². The fourth-order valence-electron chi connectivity index (χ4n) is 6.66. The second kappa shape index (κ2) is 14.2. The number of H-pyrrole nitrogens is 1. The molecule has 51 heavy (non-hydrogen) atoms. The lowest BCUT2D eigenvalue weighted by Gasteiger charge is -2.38. The first-order valence-corrected chi connectivity index (χ1v) is 17.2. The Hall–Kier alpha value is -4.62. The summed E-state index contributed by atoms with van der Waals surface area (Å²) >= 11 is 6.54. The van der Waals surface area contributed by atoms with E-state index in [4.69, 9.17) is 11.6 Å². The Bertz CT molecular complexity index is 1880. The predicted molar refractivity (Wildman–Crippen MR) is 191 cm³/mol. The minimum atomic E-state index is -4.99. The summed E-state index contributed by atoms with van der Waals surface area (Å²) in [5, 5.41) is 2.62. The summed E-state index contributed by atoms with van der Waals surface area (Å²) in [6.07, 6.45) is -0.837. The van der Waals surface area contributed by atoms with E-state index < -0.39 is 23.4 Å². The van der Waals surface area contributed by atoms with Crippen molar-refractivity contribution in [3.63, 3.8) is 0 Å². The lowest BCUT2D eigenvalue weighted by atomic mass is 9.94. The molecule has 2 aromatic carbocycles. The summed E-state index contributed by atoms with van der Waals surface area (Å²) in [7, 11) is 2.07. The first-order chi connectivity index (χ1) is 24.1. The van der Waals surface area contributed by atoms with Crippen LogP contribution in [0.5, 0.6) is 5.75 Å². The van der Waals surface area contributed by atoms with Crippen LogP contribution in [0.25, 0.3) is 22.4 Å². The fraction of sp³-hybridized carbons (Fsp3) is 0.405. The number of hydrogen-bond acceptors (Lipinski definition) is 7. The topological polar surface area (TPSA) is 107 Å². The molecule has 2 aliphatic heterocycles. The van der Waals surface area contributed by atoms with Crippen LogP contribution in [-0.4, -0.2) is 82.7 Å². The first kappa shape index (κ1) is 36.2. The Morgan fingerprint density at radius 1 is 0.961 bits per heavy atom. The number of nitrogens with one attached hydrogen (secondary N) is 2. The number of pyridine rings is 1. The van der Waals surface area contributed by atoms with Crippen LogP contribution in [0.3, 0.4) is 0 Å². The highest BCUT2D eigenvalue weighted by Crippen LogP contribution is 2.41. The molecule has 14 heteroatoms. The van der Waals surface area contributed by atoms with Gasteiger partial charge in [-0.3, -0.25) is 14.5 Å². The lowest BCUT2D eigenvalue weighted by Crippen LogP contribution is -2.51. The molecule has 2 N–H and O–H groups in total. The highest BCUT2D eigenvalue weighted by atomic mass is 35.5. The van der Waals surface area contributed by atoms with Crippen molar-refractivity contribution in [2.24, 2.45) is 11.3 Å². The molecule has 270 valence electrons. The molecule has 4 heterocycles. The second-order valence-electron chi connectivity index (χ2n) is 14.3. The first-order valence-electron chi connectivity index (χ1n) is 16.8. The molecule has 6 rings (SSSR count). The molecule has 10 nitrogen and oxygen atoms in total. The number of rotatable bonds is 7. The lowest BCUT2D eigenvalue weighted by molar-refractivity contribution is -0.274. The molecule has 4 aromatic rings. The van der Waals surface area contributed by atoms with Crippen molar-refractivity contribution in [2.75, 3.05) is 50.0 Å². The van der Waals surface area contributed by atoms with E-state index in [0.29, 0.717) is 43.5 Å². The summed E-state index contributed by atoms with van der Waals surface area (Å²) in [5.41, 5.74) is 1.82. The Morgan fingerprint density at radius 2 is 1.65 bits per heavy atom. The van der Waals surface area contributed by atoms with Gasteiger partial charge < -0.3 is 24.8 Å². The van der Waals surface area contributed by atoms with Crippen LogP contribution in [0.4, 0.5) is 24.7 Å². The molecule has 2 aliphatic rings. The Balaban J connectivity index is 1.16. The van der Waals surface area contributed by atoms with Gasteiger partial charge in [-0.2, -0.15) is 0 Å². The fourth-order valence-corrected chi connectivity index (χ4v) is 6.87. The molecular formula is C37H41ClF3N7O3. The maximum atomic E-state index is 13.6. The van der Waals surface area contributed by atoms with Gasteiger partial charge in [-0.05, 0) is 48.7 Å². The van der Waals surface area contributed by atoms with E-state index in [1.54, 1.807) is 42.6 Å². The van der Waals surface area contributed by atoms with Crippen LogP contribution < -0.4 is 15.0 Å². The van der Waals surface area contributed by atoms with Crippen LogP contribution in [0.1, 0.15) is 56.3 Å². The monoisotopic (exact) mass is 723 g/mol. The molecule has 0 saturated carbocycles. The van der Waals surface area contributed by atoms with Crippen molar-refractivity contribution in [1.82, 2.24) is 24.8 Å². The van der Waals surface area contributed by atoms with Crippen LogP contribution >= 0.6 is 11.6 Å². The normalized spacial score (nSPS) is 18.6. The number of alkyl halides is 3. The second-order valence-corrected chi connectivity index (χ2v) is 14.7. The highest BCUT2D eigenvalue weighted by Gasteiger charge is 2.34. The van der Waals surface area contributed by atoms with Gasteiger partial charge in [0.25, 0.3) is 5.91 Å². The van der Waals surface area contributed by atoms with Gasteiger partial charge in [-0.1, -0.05) is 63.6 Å². The van der Waals surface area contributed by atoms with E-state index in [1.165, 1.54) is 12.3 Å². The van der Waals surface area contributed by atoms with Crippen LogP contribution in [-0.2, 0) is 4.79 Å². The number of hydrogen-bond donors (Lipinski definition) is 2. The standard InChI is InChI=1S/C37H41ClF3N7O3/c1-22-16-30(46(5)21-22)33-43-20-29(44-33)24-8-6-23(7-9-24)26-17-27(38)28(18-31(26)51-37(39,40)41)45-34(49)25-10-11-32(42-19-25)47-12-14-48(15-13-47)35(50)36(2,3)4/h6-11,17-20,22,30H,12-16,21H2,1-5H3,(H,43,44)(H,45,49). The molecular weight excluding hydrogens is 683 g/mol. The van der Waals surface area contributed by atoms with Crippen molar-refractivity contribution in [3.8, 4) is 28.1 Å². The largest absolute Gasteiger partial charge is 0.573 e. The number of carbonyl (C=O) groups excluding carboxylic acids is 2. The number of carbonyl (C=O) groups is 2. The molecule has 2 atom stereocenters. The molecule has 2 amide bonds. The molecule has 2 aromatic heterocycles. The number of aromatic nitrogens is 3. The van der Waals surface area contributed by atoms with Gasteiger partial charge in [0.05, 0.1) is 34.2 Å². The summed E-state index contributed by atoms with van der Waals surface area (Å²) in [6.45, 7) is 11.2. The van der Waals surface area contributed by atoms with Gasteiger partial charge >= 0.3 is 6.36 Å². The number of anilines is 2. The molecule has 2 fully saturated rings. The number of benzene rings is 2. The number of nitrogens with zero attached hydrogens (tertiary/aromatic N) is 5. The molecule has 2 unspecified atom stereocenters. The quantitative estimate of drug-likeness (QED) is 0.202. The van der Waals surface area contributed by atoms with E-state index in [9.17, 15) is 22.8 Å². The molecule has 0 bridgehead atoms. The van der Waals surface area contributed by atoms with Crippen molar-refractivity contribution in [1.29, 1.82) is 0 Å². The summed E-state index contributed by atoms with van der Waals surface area (Å²) in [4.78, 5) is 44.3. The van der Waals surface area contributed by atoms with E-state index in [1.807, 2.05) is 30.6 Å². The minimum absolute atomic E-state index is 0.0253. The molecule has 0 aliphatic carbocycles. The number of amides is 2. The molecule has 2 saturated heterocycles. The maximum Gasteiger partial charge on any atom is 0.573 e. The minimum Gasteiger partial charge on any atom is -0.405 e. The zero-order valence-electron chi connectivity index (χ0n) is 29.1. The zero-order chi connectivity index (χ0) is 36.7. The zero-order valence-corrected chi connectivity index (χ0v) is 29.9. The van der Waals surface area contributed by atoms with Gasteiger partial charge in [-0.25, -0.2) is 9.97 Å². The average molecular weight is 724 g/mol. The van der Waals surface area contributed by atoms with E-state index in [-0.39, 0.29) is 33.8 Å². The number of likely N-dealkylation sites (tertiary alicyclic amines) is 1. The summed E-state index contributed by atoms with van der Waals surface area (Å²) in [5.74, 6) is 1.06. The van der Waals surface area contributed by atoms with Gasteiger partial charge in [0, 0.05) is 56.0 Å². The summed E-state index contributed by atoms with van der Waals surface area (Å²) in [6, 6.07) is 12.8.